The van der Waals surface area contributed by atoms with Gasteiger partial charge < -0.3 is 30.1 Å². The number of carboxylic acids is 1. The van der Waals surface area contributed by atoms with Gasteiger partial charge in [-0.05, 0) is 62.5 Å². The topological polar surface area (TPSA) is 169 Å². The molecule has 0 unspecified atom stereocenters. The van der Waals surface area contributed by atoms with Gasteiger partial charge in [-0.2, -0.15) is 4.68 Å². The molecule has 12 nitrogen and oxygen atoms in total. The molecule has 1 aromatic heterocycles. The van der Waals surface area contributed by atoms with Gasteiger partial charge in [-0.3, -0.25) is 9.59 Å². The summed E-state index contributed by atoms with van der Waals surface area (Å²) in [7, 11) is 0. The summed E-state index contributed by atoms with van der Waals surface area (Å²) < 4.78 is 14.7. The van der Waals surface area contributed by atoms with Crippen LogP contribution in [0.25, 0.3) is 16.8 Å². The lowest BCUT2D eigenvalue weighted by Gasteiger charge is -2.36. The summed E-state index contributed by atoms with van der Waals surface area (Å²) in [5.41, 5.74) is 6.15. The predicted octanol–water partition coefficient (Wildman–Crippen LogP) is 5.35. The van der Waals surface area contributed by atoms with Gasteiger partial charge in [-0.1, -0.05) is 84.6 Å². The van der Waals surface area contributed by atoms with E-state index in [1.807, 2.05) is 72.8 Å². The molecule has 6 rings (SSSR count). The Bertz CT molecular complexity index is 1870. The third-order valence-electron chi connectivity index (χ3n) is 8.10. The molecular formula is C36H35N5O7S. The molecule has 1 amide bonds. The van der Waals surface area contributed by atoms with E-state index < -0.39 is 12.3 Å². The van der Waals surface area contributed by atoms with Gasteiger partial charge in [0.2, 0.25) is 11.1 Å². The molecule has 1 aliphatic rings. The molecule has 0 saturated carbocycles. The number of aromatic nitrogens is 4. The molecule has 0 spiro atoms. The third-order valence-corrected chi connectivity index (χ3v) is 9.15. The van der Waals surface area contributed by atoms with Crippen molar-refractivity contribution in [1.29, 1.82) is 0 Å². The number of phenolic OH excluding ortho intramolecular Hbond substituents is 1. The number of aromatic hydroxyl groups is 1. The number of carbonyl (C=O) groups is 2. The minimum absolute atomic E-state index is 0.0425. The molecule has 1 aliphatic heterocycles. The first-order chi connectivity index (χ1) is 23.9. The molecule has 0 bridgehead atoms. The highest BCUT2D eigenvalue weighted by molar-refractivity contribution is 7.99. The molecule has 252 valence electrons. The van der Waals surface area contributed by atoms with Crippen molar-refractivity contribution in [3.63, 3.8) is 0 Å². The van der Waals surface area contributed by atoms with Crippen LogP contribution in [-0.4, -0.2) is 59.3 Å². The van der Waals surface area contributed by atoms with E-state index in [9.17, 15) is 19.8 Å². The number of amides is 1. The molecule has 3 atom stereocenters. The zero-order valence-electron chi connectivity index (χ0n) is 26.4. The molecule has 1 saturated heterocycles. The van der Waals surface area contributed by atoms with Crippen LogP contribution in [0.2, 0.25) is 0 Å². The van der Waals surface area contributed by atoms with Gasteiger partial charge in [-0.15, -0.1) is 5.10 Å². The average Bonchev–Trinajstić information content (AvgIpc) is 3.61. The number of nitrogens with one attached hydrogen (secondary N) is 1. The first kappa shape index (κ1) is 33.8. The summed E-state index contributed by atoms with van der Waals surface area (Å²) in [5.74, 6) is -0.622. The number of carboxylic acid groups (broad SMARTS) is 1. The van der Waals surface area contributed by atoms with Crippen LogP contribution in [0.3, 0.4) is 0 Å². The van der Waals surface area contributed by atoms with Crippen molar-refractivity contribution in [2.24, 2.45) is 0 Å². The summed E-state index contributed by atoms with van der Waals surface area (Å²) in [4.78, 5) is 23.0. The van der Waals surface area contributed by atoms with Crippen LogP contribution < -0.4 is 5.32 Å². The second-order valence-corrected chi connectivity index (χ2v) is 12.5. The van der Waals surface area contributed by atoms with Crippen molar-refractivity contribution in [2.45, 2.75) is 56.1 Å². The number of ether oxygens (including phenoxy) is 2. The zero-order valence-corrected chi connectivity index (χ0v) is 27.2. The van der Waals surface area contributed by atoms with Crippen LogP contribution in [-0.2, 0) is 32.2 Å². The van der Waals surface area contributed by atoms with Crippen LogP contribution in [0.5, 0.6) is 5.75 Å². The lowest BCUT2D eigenvalue weighted by Crippen LogP contribution is -2.31. The zero-order chi connectivity index (χ0) is 34.2. The van der Waals surface area contributed by atoms with Gasteiger partial charge in [0.05, 0.1) is 30.9 Å². The van der Waals surface area contributed by atoms with E-state index in [0.717, 1.165) is 39.1 Å². The first-order valence-electron chi connectivity index (χ1n) is 15.7. The maximum Gasteiger partial charge on any atom is 0.303 e. The Labute approximate surface area is 286 Å². The molecule has 49 heavy (non-hydrogen) atoms. The summed E-state index contributed by atoms with van der Waals surface area (Å²) in [6, 6.07) is 30.0. The summed E-state index contributed by atoms with van der Waals surface area (Å²) in [5, 5.41) is 43.7. The number of aliphatic hydroxyl groups excluding tert-OH is 1. The fraction of sp³-hybridized carbons (Fsp3) is 0.250. The Kier molecular flexibility index (Phi) is 11.0. The fourth-order valence-corrected chi connectivity index (χ4v) is 6.40. The van der Waals surface area contributed by atoms with Crippen molar-refractivity contribution in [3.8, 4) is 22.6 Å². The number of nitrogens with zero attached hydrogens (tertiary/aromatic N) is 4. The normalized spacial score (nSPS) is 17.4. The Morgan fingerprint density at radius 3 is 2.37 bits per heavy atom. The average molecular weight is 682 g/mol. The highest BCUT2D eigenvalue weighted by Gasteiger charge is 2.33. The minimum atomic E-state index is -1.01. The van der Waals surface area contributed by atoms with Gasteiger partial charge in [0, 0.05) is 30.7 Å². The van der Waals surface area contributed by atoms with E-state index in [0.29, 0.717) is 17.3 Å². The van der Waals surface area contributed by atoms with Gasteiger partial charge in [-0.25, -0.2) is 0 Å². The van der Waals surface area contributed by atoms with E-state index in [4.69, 9.17) is 14.6 Å². The maximum atomic E-state index is 12.1. The van der Waals surface area contributed by atoms with Crippen molar-refractivity contribution in [1.82, 2.24) is 25.5 Å². The highest BCUT2D eigenvalue weighted by Crippen LogP contribution is 2.40. The predicted molar refractivity (Wildman–Crippen MR) is 181 cm³/mol. The summed E-state index contributed by atoms with van der Waals surface area (Å²) in [6.07, 6.45) is -0.848. The second-order valence-electron chi connectivity index (χ2n) is 11.5. The molecule has 13 heteroatoms. The number of rotatable bonds is 13. The van der Waals surface area contributed by atoms with Gasteiger partial charge >= 0.3 is 5.97 Å². The van der Waals surface area contributed by atoms with E-state index in [1.165, 1.54) is 11.8 Å². The smallest absolute Gasteiger partial charge is 0.303 e. The minimum Gasteiger partial charge on any atom is -0.508 e. The fourth-order valence-electron chi connectivity index (χ4n) is 5.49. The van der Waals surface area contributed by atoms with Crippen LogP contribution in [0, 0.1) is 0 Å². The number of hydrogen-bond donors (Lipinski definition) is 4. The number of carbonyl (C=O) groups excluding carboxylic acids is 1. The van der Waals surface area contributed by atoms with Crippen LogP contribution >= 0.6 is 11.8 Å². The number of aliphatic carboxylic acids is 1. The van der Waals surface area contributed by atoms with E-state index in [2.05, 4.69) is 20.8 Å². The van der Waals surface area contributed by atoms with E-state index in [1.54, 1.807) is 28.9 Å². The number of aliphatic hydroxyl groups is 1. The second kappa shape index (κ2) is 15.9. The number of thioether (sulfide) groups is 1. The Morgan fingerprint density at radius 1 is 0.898 bits per heavy atom. The third kappa shape index (κ3) is 8.69. The van der Waals surface area contributed by atoms with Crippen LogP contribution in [0.1, 0.15) is 53.9 Å². The molecular weight excluding hydrogens is 646 g/mol. The summed E-state index contributed by atoms with van der Waals surface area (Å²) >= 11 is 1.46. The maximum absolute atomic E-state index is 12.1. The number of benzene rings is 4. The van der Waals surface area contributed by atoms with Crippen molar-refractivity contribution >= 4 is 23.6 Å². The molecule has 0 radical (unpaired) electrons. The van der Waals surface area contributed by atoms with E-state index in [-0.39, 0.29) is 49.9 Å². The Balaban J connectivity index is 1.19. The summed E-state index contributed by atoms with van der Waals surface area (Å²) in [6.45, 7) is 0.233. The van der Waals surface area contributed by atoms with Crippen LogP contribution in [0.15, 0.2) is 102 Å². The Hall–Kier alpha value is -5.08. The molecule has 1 fully saturated rings. The standard InChI is InChI=1S/C36H35N5O7S/c42-21-23-5-7-25(8-6-23)32-19-30(22-49-36-38-39-40-41(36)28-13-15-29(43)16-14-28)47-35(48-32)26-11-9-24(10-12-26)31-4-2-1-3-27(31)20-37-33(44)17-18-34(45)46/h1-16,30,32,35,42-43H,17-22H2,(H,37,44)(H,45,46)/t30-,32+,35+/m1/s1. The molecule has 4 N–H and O–H groups in total. The first-order valence-corrected chi connectivity index (χ1v) is 16.7. The largest absolute Gasteiger partial charge is 0.508 e. The van der Waals surface area contributed by atoms with Gasteiger partial charge in [0.25, 0.3) is 0 Å². The number of phenols is 1. The molecule has 0 aliphatic carbocycles. The highest BCUT2D eigenvalue weighted by atomic mass is 32.2. The SMILES string of the molecule is O=C(O)CCC(=O)NCc1ccccc1-c1ccc([C@H]2O[C@@H](CSc3nnnn3-c3ccc(O)cc3)C[C@@H](c3ccc(CO)cc3)O2)cc1. The number of tetrazole rings is 1. The van der Waals surface area contributed by atoms with Crippen molar-refractivity contribution in [3.05, 3.63) is 119 Å². The van der Waals surface area contributed by atoms with Gasteiger partial charge in [0.15, 0.2) is 6.29 Å². The molecule has 4 aromatic carbocycles. The van der Waals surface area contributed by atoms with Crippen molar-refractivity contribution in [2.75, 3.05) is 5.75 Å². The lowest BCUT2D eigenvalue weighted by atomic mass is 9.97. The lowest BCUT2D eigenvalue weighted by molar-refractivity contribution is -0.245. The van der Waals surface area contributed by atoms with Gasteiger partial charge in [0.1, 0.15) is 5.75 Å². The quantitative estimate of drug-likeness (QED) is 0.118. The molecule has 2 heterocycles. The van der Waals surface area contributed by atoms with Crippen molar-refractivity contribution < 1.29 is 34.4 Å². The van der Waals surface area contributed by atoms with Crippen LogP contribution in [0.4, 0.5) is 0 Å². The molecule has 5 aromatic rings. The van der Waals surface area contributed by atoms with E-state index >= 15 is 0 Å². The monoisotopic (exact) mass is 681 g/mol. The number of hydrogen-bond acceptors (Lipinski definition) is 10. The Morgan fingerprint density at radius 2 is 1.63 bits per heavy atom.